The van der Waals surface area contributed by atoms with Crippen LogP contribution in [0.1, 0.15) is 23.2 Å². The molecule has 1 aliphatic rings. The van der Waals surface area contributed by atoms with Crippen molar-refractivity contribution in [1.82, 2.24) is 10.6 Å². The van der Waals surface area contributed by atoms with E-state index in [4.69, 9.17) is 4.74 Å². The van der Waals surface area contributed by atoms with Gasteiger partial charge in [-0.25, -0.2) is 0 Å². The van der Waals surface area contributed by atoms with Crippen molar-refractivity contribution in [2.45, 2.75) is 17.7 Å². The molecule has 22 heavy (non-hydrogen) atoms. The summed E-state index contributed by atoms with van der Waals surface area (Å²) in [6.07, 6.45) is 4.06. The van der Waals surface area contributed by atoms with Crippen molar-refractivity contribution in [3.63, 3.8) is 0 Å². The number of rotatable bonds is 6. The molecule has 1 aromatic carbocycles. The number of halogens is 1. The van der Waals surface area contributed by atoms with Crippen molar-refractivity contribution in [2.75, 3.05) is 39.6 Å². The Morgan fingerprint density at radius 2 is 2.05 bits per heavy atom. The third-order valence-corrected chi connectivity index (χ3v) is 4.89. The van der Waals surface area contributed by atoms with Gasteiger partial charge in [0.25, 0.3) is 5.91 Å². The number of piperidine rings is 1. The Morgan fingerprint density at radius 3 is 2.68 bits per heavy atom. The number of carbonyl (C=O) groups is 1. The number of methoxy groups -OCH3 is 1. The van der Waals surface area contributed by atoms with Crippen molar-refractivity contribution in [3.05, 3.63) is 29.8 Å². The summed E-state index contributed by atoms with van der Waals surface area (Å²) in [5.41, 5.74) is 0.816. The van der Waals surface area contributed by atoms with Gasteiger partial charge in [-0.1, -0.05) is 12.1 Å². The fourth-order valence-electron chi connectivity index (χ4n) is 2.83. The molecule has 1 fully saturated rings. The summed E-state index contributed by atoms with van der Waals surface area (Å²) in [6, 6.07) is 7.73. The van der Waals surface area contributed by atoms with Crippen LogP contribution in [-0.2, 0) is 4.74 Å². The standard InChI is InChI=1S/C16H24N2O2S.ClH/c1-20-12-16(7-9-17-10-8-16)11-18-15(19)13-5-3-4-6-14(13)21-2;/h3-6,17H,7-12H2,1-2H3,(H,18,19);1H. The highest BCUT2D eigenvalue weighted by Gasteiger charge is 2.32. The SMILES string of the molecule is COCC1(CNC(=O)c2ccccc2SC)CCNCC1.Cl. The Morgan fingerprint density at radius 1 is 1.36 bits per heavy atom. The predicted molar refractivity (Wildman–Crippen MR) is 94.2 cm³/mol. The fraction of sp³-hybridized carbons (Fsp3) is 0.562. The van der Waals surface area contributed by atoms with Crippen LogP contribution in [0.4, 0.5) is 0 Å². The van der Waals surface area contributed by atoms with E-state index in [0.717, 1.165) is 36.4 Å². The third kappa shape index (κ3) is 4.88. The summed E-state index contributed by atoms with van der Waals surface area (Å²) in [6.45, 7) is 3.34. The minimum Gasteiger partial charge on any atom is -0.384 e. The average molecular weight is 345 g/mol. The molecular formula is C16H25ClN2O2S. The van der Waals surface area contributed by atoms with Gasteiger partial charge in [0.05, 0.1) is 12.2 Å². The van der Waals surface area contributed by atoms with Gasteiger partial charge in [0.1, 0.15) is 0 Å². The van der Waals surface area contributed by atoms with Gasteiger partial charge in [-0.2, -0.15) is 0 Å². The Kier molecular flexibility index (Phi) is 8.25. The Balaban J connectivity index is 0.00000242. The molecule has 0 radical (unpaired) electrons. The lowest BCUT2D eigenvalue weighted by molar-refractivity contribution is 0.0511. The largest absolute Gasteiger partial charge is 0.384 e. The zero-order chi connectivity index (χ0) is 15.1. The zero-order valence-corrected chi connectivity index (χ0v) is 14.8. The molecule has 1 saturated heterocycles. The summed E-state index contributed by atoms with van der Waals surface area (Å²) in [5, 5.41) is 6.47. The molecule has 4 nitrogen and oxygen atoms in total. The molecule has 0 aliphatic carbocycles. The lowest BCUT2D eigenvalue weighted by atomic mass is 9.79. The first kappa shape index (κ1) is 19.3. The predicted octanol–water partition coefficient (Wildman–Crippen LogP) is 2.58. The second-order valence-electron chi connectivity index (χ2n) is 5.57. The minimum absolute atomic E-state index is 0. The minimum atomic E-state index is 0. The van der Waals surface area contributed by atoms with Gasteiger partial charge in [-0.3, -0.25) is 4.79 Å². The van der Waals surface area contributed by atoms with Gasteiger partial charge in [0.15, 0.2) is 0 Å². The first-order chi connectivity index (χ1) is 10.2. The van der Waals surface area contributed by atoms with E-state index in [1.54, 1.807) is 18.9 Å². The topological polar surface area (TPSA) is 50.4 Å². The quantitative estimate of drug-likeness (QED) is 0.779. The highest BCUT2D eigenvalue weighted by atomic mass is 35.5. The molecule has 6 heteroatoms. The van der Waals surface area contributed by atoms with Gasteiger partial charge in [0.2, 0.25) is 0 Å². The number of ether oxygens (including phenoxy) is 1. The van der Waals surface area contributed by atoms with E-state index in [1.165, 1.54) is 0 Å². The Hall–Kier alpha value is -0.750. The maximum atomic E-state index is 12.4. The van der Waals surface area contributed by atoms with Crippen molar-refractivity contribution in [3.8, 4) is 0 Å². The van der Waals surface area contributed by atoms with Crippen molar-refractivity contribution in [1.29, 1.82) is 0 Å². The number of benzene rings is 1. The molecule has 0 atom stereocenters. The lowest BCUT2D eigenvalue weighted by Gasteiger charge is -2.37. The van der Waals surface area contributed by atoms with Gasteiger partial charge in [-0.05, 0) is 44.3 Å². The molecule has 124 valence electrons. The first-order valence-corrected chi connectivity index (χ1v) is 8.54. The Bertz CT molecular complexity index is 473. The number of hydrogen-bond donors (Lipinski definition) is 2. The lowest BCUT2D eigenvalue weighted by Crippen LogP contribution is -2.47. The van der Waals surface area contributed by atoms with Crippen molar-refractivity contribution in [2.24, 2.45) is 5.41 Å². The van der Waals surface area contributed by atoms with Crippen LogP contribution >= 0.6 is 24.2 Å². The molecule has 1 aliphatic heterocycles. The second-order valence-corrected chi connectivity index (χ2v) is 6.41. The maximum Gasteiger partial charge on any atom is 0.252 e. The van der Waals surface area contributed by atoms with Crippen LogP contribution in [0.25, 0.3) is 0 Å². The van der Waals surface area contributed by atoms with Crippen LogP contribution in [0.3, 0.4) is 0 Å². The van der Waals surface area contributed by atoms with Crippen LogP contribution in [0, 0.1) is 5.41 Å². The van der Waals surface area contributed by atoms with Crippen LogP contribution in [-0.4, -0.2) is 45.5 Å². The molecule has 1 aromatic rings. The second kappa shape index (κ2) is 9.40. The molecule has 2 N–H and O–H groups in total. The molecule has 0 bridgehead atoms. The molecule has 1 amide bonds. The van der Waals surface area contributed by atoms with E-state index in [0.29, 0.717) is 13.2 Å². The summed E-state index contributed by atoms with van der Waals surface area (Å²) in [7, 11) is 1.73. The van der Waals surface area contributed by atoms with Gasteiger partial charge >= 0.3 is 0 Å². The summed E-state index contributed by atoms with van der Waals surface area (Å²) < 4.78 is 5.38. The van der Waals surface area contributed by atoms with Crippen molar-refractivity contribution < 1.29 is 9.53 Å². The number of amides is 1. The van der Waals surface area contributed by atoms with Crippen LogP contribution < -0.4 is 10.6 Å². The molecule has 0 spiro atoms. The third-order valence-electron chi connectivity index (χ3n) is 4.09. The monoisotopic (exact) mass is 344 g/mol. The first-order valence-electron chi connectivity index (χ1n) is 7.32. The van der Waals surface area contributed by atoms with E-state index in [-0.39, 0.29) is 23.7 Å². The number of nitrogens with one attached hydrogen (secondary N) is 2. The maximum absolute atomic E-state index is 12.4. The van der Waals surface area contributed by atoms with Crippen LogP contribution in [0.5, 0.6) is 0 Å². The van der Waals surface area contributed by atoms with E-state index in [2.05, 4.69) is 10.6 Å². The number of thioether (sulfide) groups is 1. The van der Waals surface area contributed by atoms with E-state index in [1.807, 2.05) is 30.5 Å². The van der Waals surface area contributed by atoms with Crippen LogP contribution in [0.15, 0.2) is 29.2 Å². The smallest absolute Gasteiger partial charge is 0.252 e. The molecule has 1 heterocycles. The molecule has 2 rings (SSSR count). The molecule has 0 aromatic heterocycles. The summed E-state index contributed by atoms with van der Waals surface area (Å²) in [4.78, 5) is 13.4. The molecule has 0 saturated carbocycles. The number of carbonyl (C=O) groups excluding carboxylic acids is 1. The van der Waals surface area contributed by atoms with Crippen LogP contribution in [0.2, 0.25) is 0 Å². The number of hydrogen-bond acceptors (Lipinski definition) is 4. The van der Waals surface area contributed by atoms with E-state index in [9.17, 15) is 4.79 Å². The Labute approximate surface area is 143 Å². The van der Waals surface area contributed by atoms with Gasteiger partial charge < -0.3 is 15.4 Å². The highest BCUT2D eigenvalue weighted by Crippen LogP contribution is 2.28. The molecule has 0 unspecified atom stereocenters. The fourth-order valence-corrected chi connectivity index (χ4v) is 3.43. The summed E-state index contributed by atoms with van der Waals surface area (Å²) in [5.74, 6) is 0.00830. The van der Waals surface area contributed by atoms with Gasteiger partial charge in [-0.15, -0.1) is 24.2 Å². The highest BCUT2D eigenvalue weighted by molar-refractivity contribution is 7.98. The molecular weight excluding hydrogens is 320 g/mol. The van der Waals surface area contributed by atoms with E-state index < -0.39 is 0 Å². The van der Waals surface area contributed by atoms with Gasteiger partial charge in [0, 0.05) is 24.0 Å². The average Bonchev–Trinajstić information content (AvgIpc) is 2.54. The van der Waals surface area contributed by atoms with E-state index >= 15 is 0 Å². The zero-order valence-electron chi connectivity index (χ0n) is 13.2. The normalized spacial score (nSPS) is 16.6. The summed E-state index contributed by atoms with van der Waals surface area (Å²) >= 11 is 1.60. The van der Waals surface area contributed by atoms with Crippen molar-refractivity contribution >= 4 is 30.1 Å².